The maximum Gasteiger partial charge on any atom is 0.231 e. The summed E-state index contributed by atoms with van der Waals surface area (Å²) in [6.07, 6.45) is 8.06. The first-order valence-corrected chi connectivity index (χ1v) is 10.0. The van der Waals surface area contributed by atoms with E-state index in [1.807, 2.05) is 12.1 Å². The number of nitrogens with zero attached hydrogens (tertiary/aromatic N) is 3. The van der Waals surface area contributed by atoms with Crippen molar-refractivity contribution in [2.45, 2.75) is 25.7 Å². The number of anilines is 1. The summed E-state index contributed by atoms with van der Waals surface area (Å²) in [6.45, 7) is 0.253. The van der Waals surface area contributed by atoms with Gasteiger partial charge in [0, 0.05) is 14.9 Å². The van der Waals surface area contributed by atoms with E-state index in [0.29, 0.717) is 0 Å². The first-order valence-electron chi connectivity index (χ1n) is 8.43. The Morgan fingerprint density at radius 2 is 2.00 bits per heavy atom. The summed E-state index contributed by atoms with van der Waals surface area (Å²) in [7, 11) is 0. The van der Waals surface area contributed by atoms with Crippen molar-refractivity contribution < 1.29 is 9.47 Å². The number of fused-ring (bicyclic) bond motifs is 4. The van der Waals surface area contributed by atoms with Crippen LogP contribution in [0.1, 0.15) is 28.8 Å². The van der Waals surface area contributed by atoms with E-state index in [1.165, 1.54) is 23.3 Å². The first kappa shape index (κ1) is 16.0. The second-order valence-corrected chi connectivity index (χ2v) is 8.15. The number of aromatic nitrogens is 2. The van der Waals surface area contributed by atoms with Crippen LogP contribution in [-0.2, 0) is 12.8 Å². The van der Waals surface area contributed by atoms with Gasteiger partial charge in [-0.05, 0) is 59.3 Å². The highest BCUT2D eigenvalue weighted by Gasteiger charge is 2.20. The van der Waals surface area contributed by atoms with Gasteiger partial charge in [0.05, 0.1) is 11.6 Å². The molecule has 0 unspecified atom stereocenters. The Kier molecular flexibility index (Phi) is 4.01. The van der Waals surface area contributed by atoms with Gasteiger partial charge in [-0.25, -0.2) is 9.97 Å². The summed E-state index contributed by atoms with van der Waals surface area (Å²) in [4.78, 5) is 11.3. The molecule has 1 aromatic carbocycles. The van der Waals surface area contributed by atoms with Gasteiger partial charge in [-0.2, -0.15) is 5.10 Å². The normalized spacial score (nSPS) is 15.6. The standard InChI is InChI=1S/C18H15BrN4O2S/c19-12-6-14-13(24-9-25-14)5-10(12)7-22-23-17-16-11-3-1-2-4-15(11)26-18(16)21-8-20-17/h5-8H,1-4,9H2,(H,20,21,23). The number of thiophene rings is 1. The highest BCUT2D eigenvalue weighted by molar-refractivity contribution is 9.10. The predicted octanol–water partition coefficient (Wildman–Crippen LogP) is 4.51. The molecule has 1 aliphatic heterocycles. The summed E-state index contributed by atoms with van der Waals surface area (Å²) in [5.74, 6) is 2.23. The summed E-state index contributed by atoms with van der Waals surface area (Å²) < 4.78 is 11.7. The monoisotopic (exact) mass is 430 g/mol. The molecule has 0 atom stereocenters. The summed E-state index contributed by atoms with van der Waals surface area (Å²) in [5, 5.41) is 5.51. The Hall–Kier alpha value is -2.19. The fourth-order valence-corrected chi connectivity index (χ4v) is 5.02. The molecular weight excluding hydrogens is 416 g/mol. The van der Waals surface area contributed by atoms with Crippen molar-refractivity contribution in [2.75, 3.05) is 12.2 Å². The summed E-state index contributed by atoms with van der Waals surface area (Å²) in [6, 6.07) is 3.79. The van der Waals surface area contributed by atoms with Crippen LogP contribution in [0.5, 0.6) is 11.5 Å². The average Bonchev–Trinajstić information content (AvgIpc) is 3.25. The fourth-order valence-electron chi connectivity index (χ4n) is 3.37. The van der Waals surface area contributed by atoms with E-state index in [1.54, 1.807) is 23.9 Å². The van der Waals surface area contributed by atoms with Crippen LogP contribution in [0.4, 0.5) is 5.82 Å². The van der Waals surface area contributed by atoms with Gasteiger partial charge in [0.2, 0.25) is 6.79 Å². The maximum atomic E-state index is 5.42. The van der Waals surface area contributed by atoms with Gasteiger partial charge in [-0.3, -0.25) is 5.43 Å². The van der Waals surface area contributed by atoms with E-state index in [4.69, 9.17) is 9.47 Å². The minimum absolute atomic E-state index is 0.253. The number of hydrazone groups is 1. The third kappa shape index (κ3) is 2.73. The van der Waals surface area contributed by atoms with Crippen LogP contribution in [0.2, 0.25) is 0 Å². The van der Waals surface area contributed by atoms with E-state index in [0.717, 1.165) is 50.4 Å². The van der Waals surface area contributed by atoms with Crippen LogP contribution in [0.3, 0.4) is 0 Å². The number of halogens is 1. The number of ether oxygens (including phenoxy) is 2. The second kappa shape index (κ2) is 6.51. The molecule has 132 valence electrons. The van der Waals surface area contributed by atoms with Gasteiger partial charge in [0.15, 0.2) is 17.3 Å². The Morgan fingerprint density at radius 1 is 1.15 bits per heavy atom. The lowest BCUT2D eigenvalue weighted by molar-refractivity contribution is 0.174. The summed E-state index contributed by atoms with van der Waals surface area (Å²) in [5.41, 5.74) is 5.39. The maximum absolute atomic E-state index is 5.42. The van der Waals surface area contributed by atoms with Gasteiger partial charge in [-0.15, -0.1) is 11.3 Å². The molecule has 3 aromatic rings. The molecule has 0 saturated heterocycles. The Morgan fingerprint density at radius 3 is 2.92 bits per heavy atom. The number of hydrogen-bond donors (Lipinski definition) is 1. The van der Waals surface area contributed by atoms with Crippen molar-refractivity contribution in [1.29, 1.82) is 0 Å². The van der Waals surface area contributed by atoms with Crippen molar-refractivity contribution in [2.24, 2.45) is 5.10 Å². The zero-order valence-electron chi connectivity index (χ0n) is 13.8. The third-order valence-corrected chi connectivity index (χ3v) is 6.50. The molecule has 8 heteroatoms. The minimum atomic E-state index is 0.253. The number of rotatable bonds is 3. The number of benzene rings is 1. The summed E-state index contributed by atoms with van der Waals surface area (Å²) >= 11 is 5.32. The lowest BCUT2D eigenvalue weighted by Crippen LogP contribution is -2.01. The SMILES string of the molecule is Brc1cc2c(cc1C=NNc1ncnc3sc4c(c13)CCCC4)OCO2. The molecule has 0 radical (unpaired) electrons. The molecule has 5 rings (SSSR count). The fraction of sp³-hybridized carbons (Fsp3) is 0.278. The third-order valence-electron chi connectivity index (χ3n) is 4.62. The zero-order valence-corrected chi connectivity index (χ0v) is 16.2. The van der Waals surface area contributed by atoms with Gasteiger partial charge in [-0.1, -0.05) is 0 Å². The highest BCUT2D eigenvalue weighted by atomic mass is 79.9. The molecule has 1 aliphatic carbocycles. The van der Waals surface area contributed by atoms with Crippen LogP contribution < -0.4 is 14.9 Å². The molecular formula is C18H15BrN4O2S. The lowest BCUT2D eigenvalue weighted by Gasteiger charge is -2.11. The van der Waals surface area contributed by atoms with Crippen molar-refractivity contribution in [3.05, 3.63) is 38.9 Å². The molecule has 0 amide bonds. The van der Waals surface area contributed by atoms with Crippen molar-refractivity contribution in [3.8, 4) is 11.5 Å². The largest absolute Gasteiger partial charge is 0.454 e. The number of hydrogen-bond acceptors (Lipinski definition) is 7. The Balaban J connectivity index is 1.45. The Labute approximate surface area is 162 Å². The molecule has 3 heterocycles. The molecule has 1 N–H and O–H groups in total. The molecule has 26 heavy (non-hydrogen) atoms. The number of nitrogens with one attached hydrogen (secondary N) is 1. The lowest BCUT2D eigenvalue weighted by atomic mass is 9.97. The second-order valence-electron chi connectivity index (χ2n) is 6.21. The van der Waals surface area contributed by atoms with Crippen LogP contribution in [0, 0.1) is 0 Å². The molecule has 2 aliphatic rings. The zero-order chi connectivity index (χ0) is 17.5. The quantitative estimate of drug-likeness (QED) is 0.488. The van der Waals surface area contributed by atoms with Crippen molar-refractivity contribution in [3.63, 3.8) is 0 Å². The highest BCUT2D eigenvalue weighted by Crippen LogP contribution is 2.38. The van der Waals surface area contributed by atoms with Crippen molar-refractivity contribution in [1.82, 2.24) is 9.97 Å². The molecule has 0 bridgehead atoms. The number of aryl methyl sites for hydroxylation is 2. The van der Waals surface area contributed by atoms with Gasteiger partial charge in [0.1, 0.15) is 11.2 Å². The molecule has 0 fully saturated rings. The van der Waals surface area contributed by atoms with E-state index in [-0.39, 0.29) is 6.79 Å². The van der Waals surface area contributed by atoms with E-state index < -0.39 is 0 Å². The van der Waals surface area contributed by atoms with Crippen LogP contribution >= 0.6 is 27.3 Å². The van der Waals surface area contributed by atoms with Crippen LogP contribution in [-0.4, -0.2) is 23.0 Å². The van der Waals surface area contributed by atoms with Gasteiger partial charge in [0.25, 0.3) is 0 Å². The first-order chi connectivity index (χ1) is 12.8. The van der Waals surface area contributed by atoms with Crippen LogP contribution in [0.15, 0.2) is 28.0 Å². The molecule has 6 nitrogen and oxygen atoms in total. The van der Waals surface area contributed by atoms with E-state index in [9.17, 15) is 0 Å². The van der Waals surface area contributed by atoms with E-state index in [2.05, 4.69) is 36.4 Å². The van der Waals surface area contributed by atoms with E-state index >= 15 is 0 Å². The molecule has 0 spiro atoms. The van der Waals surface area contributed by atoms with Crippen LogP contribution in [0.25, 0.3) is 10.2 Å². The Bertz CT molecular complexity index is 1030. The smallest absolute Gasteiger partial charge is 0.231 e. The predicted molar refractivity (Wildman–Crippen MR) is 106 cm³/mol. The molecule has 2 aromatic heterocycles. The van der Waals surface area contributed by atoms with Crippen molar-refractivity contribution >= 4 is 49.5 Å². The minimum Gasteiger partial charge on any atom is -0.454 e. The average molecular weight is 431 g/mol. The topological polar surface area (TPSA) is 68.6 Å². The van der Waals surface area contributed by atoms with Gasteiger partial charge < -0.3 is 9.47 Å². The molecule has 0 saturated carbocycles. The van der Waals surface area contributed by atoms with Gasteiger partial charge >= 0.3 is 0 Å².